The Labute approximate surface area is 122 Å². The summed E-state index contributed by atoms with van der Waals surface area (Å²) in [6, 6.07) is 3.93. The SMILES string of the molecule is COc1ccc(C(=O)N2C[C@H](O)C[C@H]2C(N)=O)cc1OC. The van der Waals surface area contributed by atoms with Crippen LogP contribution in [0.2, 0.25) is 0 Å². The van der Waals surface area contributed by atoms with Crippen LogP contribution in [0.4, 0.5) is 0 Å². The number of carbonyl (C=O) groups is 2. The molecule has 1 aromatic rings. The van der Waals surface area contributed by atoms with Crippen molar-refractivity contribution in [1.82, 2.24) is 4.90 Å². The van der Waals surface area contributed by atoms with Crippen molar-refractivity contribution < 1.29 is 24.2 Å². The summed E-state index contributed by atoms with van der Waals surface area (Å²) < 4.78 is 10.3. The zero-order valence-electron chi connectivity index (χ0n) is 11.9. The number of methoxy groups -OCH3 is 2. The lowest BCUT2D eigenvalue weighted by atomic mass is 10.1. The van der Waals surface area contributed by atoms with E-state index in [-0.39, 0.29) is 18.9 Å². The first-order chi connectivity index (χ1) is 9.97. The van der Waals surface area contributed by atoms with E-state index in [2.05, 4.69) is 0 Å². The maximum absolute atomic E-state index is 12.5. The van der Waals surface area contributed by atoms with Gasteiger partial charge in [0, 0.05) is 18.5 Å². The van der Waals surface area contributed by atoms with Crippen molar-refractivity contribution in [3.8, 4) is 11.5 Å². The molecule has 0 bridgehead atoms. The van der Waals surface area contributed by atoms with Crippen molar-refractivity contribution in [3.63, 3.8) is 0 Å². The molecule has 1 saturated heterocycles. The molecule has 0 radical (unpaired) electrons. The molecule has 7 heteroatoms. The molecule has 2 amide bonds. The molecule has 2 atom stereocenters. The summed E-state index contributed by atoms with van der Waals surface area (Å²) in [6.07, 6.45) is -0.583. The maximum atomic E-state index is 12.5. The fourth-order valence-electron chi connectivity index (χ4n) is 2.44. The van der Waals surface area contributed by atoms with E-state index in [0.717, 1.165) is 0 Å². The molecule has 1 fully saturated rings. The molecule has 0 aromatic heterocycles. The van der Waals surface area contributed by atoms with E-state index in [1.807, 2.05) is 0 Å². The molecule has 114 valence electrons. The number of ether oxygens (including phenoxy) is 2. The van der Waals surface area contributed by atoms with Gasteiger partial charge in [-0.15, -0.1) is 0 Å². The van der Waals surface area contributed by atoms with E-state index in [1.165, 1.54) is 25.2 Å². The van der Waals surface area contributed by atoms with E-state index in [9.17, 15) is 14.7 Å². The Morgan fingerprint density at radius 2 is 1.95 bits per heavy atom. The number of amides is 2. The number of hydrogen-bond acceptors (Lipinski definition) is 5. The smallest absolute Gasteiger partial charge is 0.254 e. The average molecular weight is 294 g/mol. The number of benzene rings is 1. The van der Waals surface area contributed by atoms with Crippen LogP contribution in [0, 0.1) is 0 Å². The highest BCUT2D eigenvalue weighted by atomic mass is 16.5. The molecule has 2 rings (SSSR count). The number of aliphatic hydroxyl groups excluding tert-OH is 1. The molecular weight excluding hydrogens is 276 g/mol. The van der Waals surface area contributed by atoms with Gasteiger partial charge in [0.25, 0.3) is 5.91 Å². The van der Waals surface area contributed by atoms with Crippen LogP contribution in [0.5, 0.6) is 11.5 Å². The molecule has 1 aliphatic rings. The van der Waals surface area contributed by atoms with Gasteiger partial charge < -0.3 is 25.2 Å². The topological polar surface area (TPSA) is 102 Å². The zero-order chi connectivity index (χ0) is 15.6. The molecule has 0 spiro atoms. The fraction of sp³-hybridized carbons (Fsp3) is 0.429. The minimum absolute atomic E-state index is 0.0841. The van der Waals surface area contributed by atoms with Gasteiger partial charge in [0.1, 0.15) is 6.04 Å². The second-order valence-corrected chi connectivity index (χ2v) is 4.83. The number of nitrogens with two attached hydrogens (primary N) is 1. The number of likely N-dealkylation sites (tertiary alicyclic amines) is 1. The molecule has 1 aliphatic heterocycles. The van der Waals surface area contributed by atoms with E-state index in [0.29, 0.717) is 17.1 Å². The highest BCUT2D eigenvalue weighted by Gasteiger charge is 2.38. The highest BCUT2D eigenvalue weighted by molar-refractivity contribution is 5.98. The standard InChI is InChI=1S/C14H18N2O5/c1-20-11-4-3-8(5-12(11)21-2)14(19)16-7-9(17)6-10(16)13(15)18/h3-5,9-10,17H,6-7H2,1-2H3,(H2,15,18)/t9-,10+/m1/s1. The molecule has 7 nitrogen and oxygen atoms in total. The van der Waals surface area contributed by atoms with E-state index in [1.54, 1.807) is 12.1 Å². The quantitative estimate of drug-likeness (QED) is 0.798. The van der Waals surface area contributed by atoms with Crippen LogP contribution in [0.25, 0.3) is 0 Å². The van der Waals surface area contributed by atoms with Gasteiger partial charge in [0.05, 0.1) is 20.3 Å². The van der Waals surface area contributed by atoms with Crippen molar-refractivity contribution in [2.45, 2.75) is 18.6 Å². The summed E-state index contributed by atoms with van der Waals surface area (Å²) in [6.45, 7) is 0.0841. The average Bonchev–Trinajstić information content (AvgIpc) is 2.88. The Morgan fingerprint density at radius 3 is 2.52 bits per heavy atom. The Morgan fingerprint density at radius 1 is 1.29 bits per heavy atom. The summed E-state index contributed by atoms with van der Waals surface area (Å²) in [5.74, 6) is -0.0858. The zero-order valence-corrected chi connectivity index (χ0v) is 11.9. The van der Waals surface area contributed by atoms with Gasteiger partial charge in [-0.2, -0.15) is 0 Å². The lowest BCUT2D eigenvalue weighted by Gasteiger charge is -2.22. The lowest BCUT2D eigenvalue weighted by Crippen LogP contribution is -2.43. The number of primary amides is 1. The summed E-state index contributed by atoms with van der Waals surface area (Å²) in [5, 5.41) is 9.65. The third kappa shape index (κ3) is 2.92. The summed E-state index contributed by atoms with van der Waals surface area (Å²) >= 11 is 0. The number of aliphatic hydroxyl groups is 1. The van der Waals surface area contributed by atoms with Crippen LogP contribution in [0.1, 0.15) is 16.8 Å². The Hall–Kier alpha value is -2.28. The number of β-amino-alcohol motifs (C(OH)–C–C–N with tert-alkyl or cyclic N) is 1. The van der Waals surface area contributed by atoms with Crippen LogP contribution >= 0.6 is 0 Å². The van der Waals surface area contributed by atoms with Gasteiger partial charge >= 0.3 is 0 Å². The van der Waals surface area contributed by atoms with E-state index in [4.69, 9.17) is 15.2 Å². The molecule has 1 aromatic carbocycles. The highest BCUT2D eigenvalue weighted by Crippen LogP contribution is 2.29. The van der Waals surface area contributed by atoms with E-state index >= 15 is 0 Å². The second-order valence-electron chi connectivity index (χ2n) is 4.83. The fourth-order valence-corrected chi connectivity index (χ4v) is 2.44. The predicted molar refractivity (Wildman–Crippen MR) is 74.2 cm³/mol. The first kappa shape index (κ1) is 15.1. The van der Waals surface area contributed by atoms with Crippen molar-refractivity contribution in [3.05, 3.63) is 23.8 Å². The van der Waals surface area contributed by atoms with Crippen LogP contribution < -0.4 is 15.2 Å². The van der Waals surface area contributed by atoms with Crippen LogP contribution in [0.15, 0.2) is 18.2 Å². The summed E-state index contributed by atoms with van der Waals surface area (Å²) in [5.41, 5.74) is 5.62. The van der Waals surface area contributed by atoms with Crippen molar-refractivity contribution in [2.75, 3.05) is 20.8 Å². The van der Waals surface area contributed by atoms with Gasteiger partial charge in [0.15, 0.2) is 11.5 Å². The third-order valence-electron chi connectivity index (χ3n) is 3.50. The van der Waals surface area contributed by atoms with Crippen LogP contribution in [-0.4, -0.2) is 54.7 Å². The van der Waals surface area contributed by atoms with Crippen molar-refractivity contribution in [2.24, 2.45) is 5.73 Å². The van der Waals surface area contributed by atoms with Gasteiger partial charge in [0.2, 0.25) is 5.91 Å². The largest absolute Gasteiger partial charge is 0.493 e. The van der Waals surface area contributed by atoms with Crippen LogP contribution in [0.3, 0.4) is 0 Å². The van der Waals surface area contributed by atoms with Crippen molar-refractivity contribution in [1.29, 1.82) is 0 Å². The van der Waals surface area contributed by atoms with Gasteiger partial charge in [-0.05, 0) is 18.2 Å². The Bertz CT molecular complexity index is 560. The molecule has 0 aliphatic carbocycles. The maximum Gasteiger partial charge on any atom is 0.254 e. The Kier molecular flexibility index (Phi) is 4.32. The summed E-state index contributed by atoms with van der Waals surface area (Å²) in [4.78, 5) is 25.2. The van der Waals surface area contributed by atoms with Gasteiger partial charge in [-0.3, -0.25) is 9.59 Å². The number of rotatable bonds is 4. The third-order valence-corrected chi connectivity index (χ3v) is 3.50. The van der Waals surface area contributed by atoms with E-state index < -0.39 is 18.1 Å². The first-order valence-electron chi connectivity index (χ1n) is 6.48. The minimum atomic E-state index is -0.791. The minimum Gasteiger partial charge on any atom is -0.493 e. The number of hydrogen-bond donors (Lipinski definition) is 2. The lowest BCUT2D eigenvalue weighted by molar-refractivity contribution is -0.121. The molecule has 3 N–H and O–H groups in total. The normalized spacial score (nSPS) is 21.2. The molecular formula is C14H18N2O5. The Balaban J connectivity index is 2.29. The summed E-state index contributed by atoms with van der Waals surface area (Å²) in [7, 11) is 2.97. The van der Waals surface area contributed by atoms with Gasteiger partial charge in [-0.25, -0.2) is 0 Å². The monoisotopic (exact) mass is 294 g/mol. The van der Waals surface area contributed by atoms with Crippen molar-refractivity contribution >= 4 is 11.8 Å². The predicted octanol–water partition coefficient (Wildman–Crippen LogP) is -0.236. The second kappa shape index (κ2) is 6.01. The molecule has 0 unspecified atom stereocenters. The number of carbonyl (C=O) groups excluding carboxylic acids is 2. The van der Waals surface area contributed by atoms with Crippen LogP contribution in [-0.2, 0) is 4.79 Å². The molecule has 0 saturated carbocycles. The van der Waals surface area contributed by atoms with Gasteiger partial charge in [-0.1, -0.05) is 0 Å². The first-order valence-corrected chi connectivity index (χ1v) is 6.48. The molecule has 21 heavy (non-hydrogen) atoms. The number of nitrogens with zero attached hydrogens (tertiary/aromatic N) is 1. The molecule has 1 heterocycles.